The van der Waals surface area contributed by atoms with E-state index in [0.717, 1.165) is 142 Å². The molecule has 0 aromatic rings. The Morgan fingerprint density at radius 2 is 0.628 bits per heavy atom. The van der Waals surface area contributed by atoms with Crippen molar-refractivity contribution in [2.75, 3.05) is 66.1 Å². The Morgan fingerprint density at radius 1 is 0.328 bits per heavy atom. The molecule has 3 saturated heterocycles. The Kier molecular flexibility index (Phi) is 60.1. The summed E-state index contributed by atoms with van der Waals surface area (Å²) in [5.74, 6) is -2.71. The van der Waals surface area contributed by atoms with Gasteiger partial charge in [-0.05, 0) is 212 Å². The summed E-state index contributed by atoms with van der Waals surface area (Å²) in [4.78, 5) is 89.5. The number of rotatable bonds is 67. The zero-order valence-corrected chi connectivity index (χ0v) is 85.9. The first-order valence-corrected chi connectivity index (χ1v) is 53.4. The summed E-state index contributed by atoms with van der Waals surface area (Å²) in [6, 6.07) is -5.57. The van der Waals surface area contributed by atoms with E-state index in [2.05, 4.69) is 168 Å². The Labute approximate surface area is 805 Å². The average molecular weight is 2060 g/mol. The molecule has 5 unspecified atom stereocenters. The Balaban J connectivity index is 1.44. The van der Waals surface area contributed by atoms with Gasteiger partial charge in [0.1, 0.15) is 104 Å². The van der Waals surface area contributed by atoms with Gasteiger partial charge in [-0.3, -0.25) is 50.6 Å². The van der Waals surface area contributed by atoms with E-state index < -0.39 is 245 Å². The van der Waals surface area contributed by atoms with Crippen LogP contribution >= 0.6 is 39.1 Å². The van der Waals surface area contributed by atoms with Gasteiger partial charge >= 0.3 is 39.1 Å². The third-order valence-corrected chi connectivity index (χ3v) is 27.6. The summed E-state index contributed by atoms with van der Waals surface area (Å²) in [6.07, 6.45) is 10.4. The van der Waals surface area contributed by atoms with Crippen LogP contribution in [0.3, 0.4) is 0 Å². The number of aliphatic hydroxyl groups excluding tert-OH is 12. The van der Waals surface area contributed by atoms with E-state index in [1.807, 2.05) is 6.92 Å². The number of phosphoric ester groups is 5. The van der Waals surface area contributed by atoms with Crippen LogP contribution in [0.25, 0.3) is 0 Å². The molecule has 25 atom stereocenters. The smallest absolute Gasteiger partial charge is 0.394 e. The lowest BCUT2D eigenvalue weighted by Gasteiger charge is -2.48. The molecule has 47 heteroatoms. The van der Waals surface area contributed by atoms with Crippen LogP contribution in [0.5, 0.6) is 0 Å². The molecule has 3 aliphatic heterocycles. The van der Waals surface area contributed by atoms with Crippen molar-refractivity contribution in [3.8, 4) is 0 Å². The van der Waals surface area contributed by atoms with Gasteiger partial charge in [-0.25, -0.2) is 22.8 Å². The highest BCUT2D eigenvalue weighted by Crippen LogP contribution is 2.62. The van der Waals surface area contributed by atoms with Gasteiger partial charge in [0.05, 0.1) is 66.1 Å². The van der Waals surface area contributed by atoms with Crippen molar-refractivity contribution in [2.45, 2.75) is 355 Å². The van der Waals surface area contributed by atoms with Crippen molar-refractivity contribution in [1.82, 2.24) is 16.0 Å². The summed E-state index contributed by atoms with van der Waals surface area (Å²) in [6.45, 7) is 17.5. The van der Waals surface area contributed by atoms with Crippen molar-refractivity contribution in [3.05, 3.63) is 128 Å². The number of hydrogen-bond acceptors (Lipinski definition) is 34. The number of amides is 3. The molecule has 0 bridgehead atoms. The highest BCUT2D eigenvalue weighted by Gasteiger charge is 2.56. The van der Waals surface area contributed by atoms with Gasteiger partial charge < -0.3 is 125 Å². The molecule has 42 nitrogen and oxygen atoms in total. The molecule has 0 aromatic heterocycles. The van der Waals surface area contributed by atoms with Crippen LogP contribution < -0.4 is 16.0 Å². The van der Waals surface area contributed by atoms with Crippen LogP contribution in [0.15, 0.2) is 128 Å². The molecule has 0 spiro atoms. The quantitative estimate of drug-likeness (QED) is 0.0199. The third kappa shape index (κ3) is 52.7. The van der Waals surface area contributed by atoms with Crippen LogP contribution in [0, 0.1) is 0 Å². The van der Waals surface area contributed by atoms with Crippen molar-refractivity contribution in [3.63, 3.8) is 0 Å². The second-order valence-corrected chi connectivity index (χ2v) is 42.5. The number of carbonyl (C=O) groups is 3. The minimum Gasteiger partial charge on any atom is -0.394 e. The van der Waals surface area contributed by atoms with E-state index in [0.29, 0.717) is 12.8 Å². The van der Waals surface area contributed by atoms with Crippen molar-refractivity contribution < 1.29 is 187 Å². The molecule has 0 aliphatic carbocycles. The van der Waals surface area contributed by atoms with Crippen LogP contribution in [-0.2, 0) is 101 Å². The predicted octanol–water partition coefficient (Wildman–Crippen LogP) is 9.55. The normalized spacial score (nSPS) is 26.8. The van der Waals surface area contributed by atoms with Gasteiger partial charge in [0, 0.05) is 20.8 Å². The fourth-order valence-electron chi connectivity index (χ4n) is 14.3. The van der Waals surface area contributed by atoms with Gasteiger partial charge in [0.15, 0.2) is 18.9 Å². The molecular weight excluding hydrogens is 1900 g/mol. The summed E-state index contributed by atoms with van der Waals surface area (Å²) in [5, 5.41) is 133. The molecule has 3 amide bonds. The van der Waals surface area contributed by atoms with E-state index in [9.17, 15) is 123 Å². The van der Waals surface area contributed by atoms with Gasteiger partial charge in [0.2, 0.25) is 17.7 Å². The third-order valence-electron chi connectivity index (χ3n) is 22.1. The molecule has 0 saturated carbocycles. The molecule has 0 radical (unpaired) electrons. The highest BCUT2D eigenvalue weighted by atomic mass is 31.3. The maximum Gasteiger partial charge on any atom is 0.483 e. The Morgan fingerprint density at radius 3 is 0.971 bits per heavy atom. The number of phosphoric acid groups is 5. The molecule has 20 N–H and O–H groups in total. The maximum absolute atomic E-state index is 13.4. The van der Waals surface area contributed by atoms with E-state index >= 15 is 0 Å². The maximum atomic E-state index is 13.4. The number of carbonyl (C=O) groups excluding carboxylic acids is 3. The first-order valence-electron chi connectivity index (χ1n) is 45.9. The molecule has 3 aliphatic rings. The zero-order chi connectivity index (χ0) is 103. The lowest BCUT2D eigenvalue weighted by molar-refractivity contribution is -0.324. The van der Waals surface area contributed by atoms with Crippen molar-refractivity contribution >= 4 is 56.8 Å². The van der Waals surface area contributed by atoms with Gasteiger partial charge in [-0.2, -0.15) is 4.31 Å². The Bertz CT molecular complexity index is 4280. The lowest BCUT2D eigenvalue weighted by Crippen LogP contribution is -2.69. The SMILES string of the molecule is CC(=O)N[C@H]1[C@@H](OP(=O)(O)OP(=O)(O)OC/C=C(/C)CC/C=C(/C)CC/C=C(/C)CC/C=C(/C)CC/C=C(/C)CC/C=C(/C)CC/C=C(/C)CC/C=C(/C)CC/C=C(\C)CC/C=C(\C)CCC=C(C)C)O[C@H](CO)[C@@H](O[C@@H]2O[C@H](CO)[C@@H](OP(=O)(O)OC[C@H](O)COP(=O)(O)OC[C@H](O)COP(=O)(O)OC[C@@H](O)[C@@H](O[C@@H]3O[C@H](CO)[C@@H](O)[C@H](O)[C@H]3NC(C)=O)[C@@H](O)CO)[C@H](O)[C@H]2NC(C)=O)[C@@H]1O. The number of nitrogens with one attached hydrogen (secondary N) is 3. The van der Waals surface area contributed by atoms with Crippen LogP contribution in [0.1, 0.15) is 232 Å². The number of aliphatic hydroxyl groups is 12. The molecule has 137 heavy (non-hydrogen) atoms. The topological polar surface area (TPSA) is 646 Å². The minimum atomic E-state index is -5.84. The summed E-state index contributed by atoms with van der Waals surface area (Å²) in [5.41, 5.74) is 14.7. The van der Waals surface area contributed by atoms with Crippen molar-refractivity contribution in [1.29, 1.82) is 0 Å². The van der Waals surface area contributed by atoms with E-state index in [1.165, 1.54) is 61.8 Å². The first-order chi connectivity index (χ1) is 64.1. The molecule has 3 fully saturated rings. The molecule has 3 rings (SSSR count). The monoisotopic (exact) mass is 2060 g/mol. The summed E-state index contributed by atoms with van der Waals surface area (Å²) in [7, 11) is -27.6. The summed E-state index contributed by atoms with van der Waals surface area (Å²) >= 11 is 0. The Hall–Kier alpha value is -4.54. The van der Waals surface area contributed by atoms with E-state index in [-0.39, 0.29) is 0 Å². The molecular formula is C90H156N3O39P5. The van der Waals surface area contributed by atoms with Crippen LogP contribution in [0.2, 0.25) is 0 Å². The van der Waals surface area contributed by atoms with Crippen LogP contribution in [0.4, 0.5) is 0 Å². The van der Waals surface area contributed by atoms with Gasteiger partial charge in [-0.15, -0.1) is 0 Å². The molecule has 3 heterocycles. The second-order valence-electron chi connectivity index (χ2n) is 35.2. The fourth-order valence-corrected chi connectivity index (χ4v) is 19.0. The summed E-state index contributed by atoms with van der Waals surface area (Å²) < 4.78 is 136. The standard InChI is InChI=1S/C90H156N3O39P5/c1-57(2)26-16-27-58(3)28-17-29-59(4)30-18-31-60(5)32-19-33-61(6)34-20-35-62(7)36-21-37-63(8)38-22-39-64(9)40-23-41-65(10)42-24-43-66(11)44-25-45-67(12)46-47-119-136(115,116)132-137(117,118)131-90-80(93-70(15)100)83(107)86(76(50-96)127-90)129-89-79(92-69(14)99)84(108)87(77(51-97)126-89)130-135(113,114)123-55-72(102)54-121-133(109,110)120-52-71(101)53-122-134(111,112)124-56-74(104)85(73(103)48-94)128-88-78(91-68(13)98)82(106)81(105)75(49-95)125-88/h26,28,30,32,34,36,38,40,42,44,46,71-90,94-97,101-108H,16-25,27,29,31,33,35,37,39,41,43,45,47-56H2,1-15H3,(H,91,98)(H,92,99)(H,93,100)(H,109,110)(H,111,112)(H,113,114)(H,115,116)(H,117,118)/b58-28+,59-30+,60-32-,61-34-,62-36-,63-38-,64-40-,65-42-,66-44-,67-46-/t71-,72+,73-,74+,75+,76+,77+,78+,79+,80+,81+,82+,83+,84+,85-,86+,87+,88-,89-,90+/m0/s1. The second kappa shape index (κ2) is 65.1. The van der Waals surface area contributed by atoms with Gasteiger partial charge in [-0.1, -0.05) is 128 Å². The van der Waals surface area contributed by atoms with E-state index in [1.54, 1.807) is 6.92 Å². The largest absolute Gasteiger partial charge is 0.483 e. The van der Waals surface area contributed by atoms with Gasteiger partial charge in [0.25, 0.3) is 0 Å². The number of hydrogen-bond donors (Lipinski definition) is 20. The van der Waals surface area contributed by atoms with Crippen LogP contribution in [-0.4, -0.2) is 292 Å². The molecule has 790 valence electrons. The lowest BCUT2D eigenvalue weighted by atomic mass is 9.94. The van der Waals surface area contributed by atoms with E-state index in [4.69, 9.17) is 41.8 Å². The number of allylic oxidation sites excluding steroid dienone is 21. The van der Waals surface area contributed by atoms with Crippen molar-refractivity contribution in [2.24, 2.45) is 0 Å². The predicted molar refractivity (Wildman–Crippen MR) is 506 cm³/mol. The highest BCUT2D eigenvalue weighted by molar-refractivity contribution is 7.61. The zero-order valence-electron chi connectivity index (χ0n) is 81.4. The fraction of sp³-hybridized carbons (Fsp3) is 0.722. The molecule has 0 aromatic carbocycles. The number of ether oxygens (including phenoxy) is 5. The minimum absolute atomic E-state index is 0.519. The first kappa shape index (κ1) is 127. The average Bonchev–Trinajstić information content (AvgIpc) is 0.762.